The fourth-order valence-corrected chi connectivity index (χ4v) is 2.11. The molecule has 0 bridgehead atoms. The van der Waals surface area contributed by atoms with Crippen molar-refractivity contribution >= 4 is 0 Å². The first-order chi connectivity index (χ1) is 6.77. The Labute approximate surface area is 87.1 Å². The van der Waals surface area contributed by atoms with Crippen molar-refractivity contribution < 1.29 is 9.84 Å². The molecule has 0 aliphatic carbocycles. The van der Waals surface area contributed by atoms with E-state index in [1.165, 1.54) is 12.8 Å². The monoisotopic (exact) mass is 201 g/mol. The van der Waals surface area contributed by atoms with Crippen LogP contribution in [0.15, 0.2) is 0 Å². The van der Waals surface area contributed by atoms with Crippen LogP contribution < -0.4 is 0 Å². The van der Waals surface area contributed by atoms with Gasteiger partial charge < -0.3 is 9.84 Å². The lowest BCUT2D eigenvalue weighted by Gasteiger charge is -2.36. The largest absolute Gasteiger partial charge is 0.396 e. The van der Waals surface area contributed by atoms with Crippen LogP contribution in [0.1, 0.15) is 26.2 Å². The van der Waals surface area contributed by atoms with E-state index in [-0.39, 0.29) is 6.61 Å². The smallest absolute Gasteiger partial charge is 0.0618 e. The minimum absolute atomic E-state index is 0.264. The van der Waals surface area contributed by atoms with Crippen LogP contribution in [-0.4, -0.2) is 49.5 Å². The first-order valence-electron chi connectivity index (χ1n) is 5.61. The molecule has 1 atom stereocenters. The molecule has 1 fully saturated rings. The maximum atomic E-state index is 8.96. The lowest BCUT2D eigenvalue weighted by Crippen LogP contribution is -2.43. The number of aliphatic hydroxyl groups is 1. The molecule has 1 saturated heterocycles. The first kappa shape index (κ1) is 12.0. The maximum absolute atomic E-state index is 8.96. The highest BCUT2D eigenvalue weighted by molar-refractivity contribution is 4.76. The summed E-state index contributed by atoms with van der Waals surface area (Å²) in [6.07, 6.45) is 3.40. The van der Waals surface area contributed by atoms with E-state index in [9.17, 15) is 0 Å². The van der Waals surface area contributed by atoms with E-state index < -0.39 is 0 Å². The van der Waals surface area contributed by atoms with E-state index >= 15 is 0 Å². The SMILES string of the molecule is COCC(CCO)N1CCC(C)CC1. The number of aliphatic hydroxyl groups excluding tert-OH is 1. The Hall–Kier alpha value is -0.120. The zero-order valence-corrected chi connectivity index (χ0v) is 9.41. The minimum atomic E-state index is 0.264. The van der Waals surface area contributed by atoms with Crippen LogP contribution in [0.3, 0.4) is 0 Å². The third-order valence-electron chi connectivity index (χ3n) is 3.16. The van der Waals surface area contributed by atoms with Crippen LogP contribution in [0.25, 0.3) is 0 Å². The number of ether oxygens (including phenoxy) is 1. The van der Waals surface area contributed by atoms with Gasteiger partial charge in [0.25, 0.3) is 0 Å². The minimum Gasteiger partial charge on any atom is -0.396 e. The number of nitrogens with zero attached hydrogens (tertiary/aromatic N) is 1. The van der Waals surface area contributed by atoms with Gasteiger partial charge in [-0.25, -0.2) is 0 Å². The van der Waals surface area contributed by atoms with E-state index in [0.717, 1.165) is 32.0 Å². The van der Waals surface area contributed by atoms with Crippen LogP contribution >= 0.6 is 0 Å². The van der Waals surface area contributed by atoms with Gasteiger partial charge >= 0.3 is 0 Å². The third-order valence-corrected chi connectivity index (χ3v) is 3.16. The molecule has 0 saturated carbocycles. The summed E-state index contributed by atoms with van der Waals surface area (Å²) in [5.74, 6) is 0.864. The molecule has 1 unspecified atom stereocenters. The summed E-state index contributed by atoms with van der Waals surface area (Å²) in [6.45, 7) is 5.65. The van der Waals surface area contributed by atoms with Crippen LogP contribution in [0, 0.1) is 5.92 Å². The molecule has 1 N–H and O–H groups in total. The van der Waals surface area contributed by atoms with Gasteiger partial charge in [-0.05, 0) is 38.3 Å². The Kier molecular flexibility index (Phi) is 5.45. The van der Waals surface area contributed by atoms with E-state index in [4.69, 9.17) is 9.84 Å². The van der Waals surface area contributed by atoms with Crippen molar-refractivity contribution in [2.24, 2.45) is 5.92 Å². The molecule has 1 rings (SSSR count). The lowest BCUT2D eigenvalue weighted by atomic mass is 9.97. The van der Waals surface area contributed by atoms with E-state index in [1.807, 2.05) is 0 Å². The molecule has 3 heteroatoms. The van der Waals surface area contributed by atoms with Crippen molar-refractivity contribution in [3.63, 3.8) is 0 Å². The van der Waals surface area contributed by atoms with Crippen LogP contribution in [0.4, 0.5) is 0 Å². The molecule has 1 aliphatic heterocycles. The Bertz CT molecular complexity index is 138. The Morgan fingerprint density at radius 1 is 1.43 bits per heavy atom. The summed E-state index contributed by atoms with van der Waals surface area (Å²) < 4.78 is 5.18. The van der Waals surface area contributed by atoms with Gasteiger partial charge in [-0.3, -0.25) is 4.90 Å². The molecule has 0 radical (unpaired) electrons. The zero-order chi connectivity index (χ0) is 10.4. The van der Waals surface area contributed by atoms with Gasteiger partial charge in [-0.1, -0.05) is 6.92 Å². The van der Waals surface area contributed by atoms with Gasteiger partial charge in [0.15, 0.2) is 0 Å². The van der Waals surface area contributed by atoms with E-state index in [1.54, 1.807) is 7.11 Å². The fourth-order valence-electron chi connectivity index (χ4n) is 2.11. The van der Waals surface area contributed by atoms with Crippen LogP contribution in [-0.2, 0) is 4.74 Å². The predicted molar refractivity (Wildman–Crippen MR) is 57.3 cm³/mol. The van der Waals surface area contributed by atoms with Crippen molar-refractivity contribution in [3.05, 3.63) is 0 Å². The first-order valence-corrected chi connectivity index (χ1v) is 5.61. The molecule has 3 nitrogen and oxygen atoms in total. The van der Waals surface area contributed by atoms with E-state index in [2.05, 4.69) is 11.8 Å². The zero-order valence-electron chi connectivity index (χ0n) is 9.41. The van der Waals surface area contributed by atoms with Gasteiger partial charge in [0.1, 0.15) is 0 Å². The number of likely N-dealkylation sites (tertiary alicyclic amines) is 1. The van der Waals surface area contributed by atoms with Gasteiger partial charge in [-0.15, -0.1) is 0 Å². The van der Waals surface area contributed by atoms with Crippen molar-refractivity contribution in [1.82, 2.24) is 4.90 Å². The van der Waals surface area contributed by atoms with Gasteiger partial charge in [0, 0.05) is 19.8 Å². The number of methoxy groups -OCH3 is 1. The topological polar surface area (TPSA) is 32.7 Å². The standard InChI is InChI=1S/C11H23NO2/c1-10-3-6-12(7-4-10)11(5-8-13)9-14-2/h10-11,13H,3-9H2,1-2H3. The van der Waals surface area contributed by atoms with Gasteiger partial charge in [0.2, 0.25) is 0 Å². The van der Waals surface area contributed by atoms with E-state index in [0.29, 0.717) is 6.04 Å². The van der Waals surface area contributed by atoms with Crippen molar-refractivity contribution in [2.75, 3.05) is 33.4 Å². The molecule has 0 spiro atoms. The highest BCUT2D eigenvalue weighted by atomic mass is 16.5. The Morgan fingerprint density at radius 2 is 2.07 bits per heavy atom. The number of hydrogen-bond donors (Lipinski definition) is 1. The van der Waals surface area contributed by atoms with Crippen molar-refractivity contribution in [1.29, 1.82) is 0 Å². The second-order valence-corrected chi connectivity index (χ2v) is 4.34. The molecule has 84 valence electrons. The maximum Gasteiger partial charge on any atom is 0.0618 e. The Morgan fingerprint density at radius 3 is 2.57 bits per heavy atom. The highest BCUT2D eigenvalue weighted by Crippen LogP contribution is 2.19. The highest BCUT2D eigenvalue weighted by Gasteiger charge is 2.22. The second kappa shape index (κ2) is 6.38. The number of rotatable bonds is 5. The molecule has 0 aromatic heterocycles. The molecule has 0 aromatic carbocycles. The summed E-state index contributed by atoms with van der Waals surface area (Å²) in [6, 6.07) is 0.414. The van der Waals surface area contributed by atoms with Crippen molar-refractivity contribution in [3.8, 4) is 0 Å². The molecular formula is C11H23NO2. The van der Waals surface area contributed by atoms with Crippen LogP contribution in [0.5, 0.6) is 0 Å². The summed E-state index contributed by atoms with van der Waals surface area (Å²) in [7, 11) is 1.73. The quantitative estimate of drug-likeness (QED) is 0.723. The fraction of sp³-hybridized carbons (Fsp3) is 1.00. The number of hydrogen-bond acceptors (Lipinski definition) is 3. The Balaban J connectivity index is 2.34. The van der Waals surface area contributed by atoms with Gasteiger partial charge in [-0.2, -0.15) is 0 Å². The average Bonchev–Trinajstić information content (AvgIpc) is 2.19. The number of piperidine rings is 1. The molecule has 0 aromatic rings. The molecule has 14 heavy (non-hydrogen) atoms. The molecule has 1 heterocycles. The third kappa shape index (κ3) is 3.56. The summed E-state index contributed by atoms with van der Waals surface area (Å²) >= 11 is 0. The van der Waals surface area contributed by atoms with Gasteiger partial charge in [0.05, 0.1) is 6.61 Å². The second-order valence-electron chi connectivity index (χ2n) is 4.34. The normalized spacial score (nSPS) is 22.5. The van der Waals surface area contributed by atoms with Crippen LogP contribution in [0.2, 0.25) is 0 Å². The molecular weight excluding hydrogens is 178 g/mol. The summed E-state index contributed by atoms with van der Waals surface area (Å²) in [4.78, 5) is 2.46. The average molecular weight is 201 g/mol. The lowest BCUT2D eigenvalue weighted by molar-refractivity contribution is 0.0529. The van der Waals surface area contributed by atoms with Crippen molar-refractivity contribution in [2.45, 2.75) is 32.2 Å². The predicted octanol–water partition coefficient (Wildman–Crippen LogP) is 1.12. The molecule has 0 amide bonds. The summed E-state index contributed by atoms with van der Waals surface area (Å²) in [5, 5.41) is 8.96. The summed E-state index contributed by atoms with van der Waals surface area (Å²) in [5.41, 5.74) is 0. The molecule has 1 aliphatic rings.